The predicted octanol–water partition coefficient (Wildman–Crippen LogP) is 7.83. The van der Waals surface area contributed by atoms with Crippen LogP contribution in [0.25, 0.3) is 26.4 Å². The molecule has 0 fully saturated rings. The van der Waals surface area contributed by atoms with Gasteiger partial charge in [-0.15, -0.1) is 11.3 Å². The van der Waals surface area contributed by atoms with Crippen molar-refractivity contribution in [3.63, 3.8) is 0 Å². The number of likely N-dealkylation sites (N-methyl/N-ethyl adjacent to an activating group) is 1. The van der Waals surface area contributed by atoms with Crippen LogP contribution in [0.4, 0.5) is 19.3 Å². The van der Waals surface area contributed by atoms with E-state index in [0.717, 1.165) is 16.0 Å². The van der Waals surface area contributed by atoms with Crippen molar-refractivity contribution >= 4 is 39.0 Å². The molecule has 2 aromatic carbocycles. The van der Waals surface area contributed by atoms with Crippen LogP contribution in [0.5, 0.6) is 0 Å². The normalized spacial score (nSPS) is 14.9. The number of nitrogens with one attached hydrogen (secondary N) is 2. The Morgan fingerprint density at radius 3 is 2.52 bits per heavy atom. The molecule has 2 aromatic heterocycles. The Bertz CT molecular complexity index is 2320. The third kappa shape index (κ3) is 8.34. The molecule has 280 valence electrons. The number of nitrogens with zero attached hydrogens (tertiary/aromatic N) is 3. The maximum absolute atomic E-state index is 14.9. The fourth-order valence-corrected chi connectivity index (χ4v) is 7.96. The van der Waals surface area contributed by atoms with E-state index in [9.17, 15) is 23.2 Å². The van der Waals surface area contributed by atoms with Crippen molar-refractivity contribution < 1.29 is 23.1 Å². The van der Waals surface area contributed by atoms with E-state index in [2.05, 4.69) is 15.7 Å². The minimum atomic E-state index is -0.847. The monoisotopic (exact) mass is 753 g/mol. The van der Waals surface area contributed by atoms with E-state index < -0.39 is 29.8 Å². The van der Waals surface area contributed by atoms with Crippen molar-refractivity contribution in [2.45, 2.75) is 32.0 Å². The molecule has 10 nitrogen and oxygen atoms in total. The second-order valence-electron chi connectivity index (χ2n) is 12.8. The minimum absolute atomic E-state index is 0.136. The molecule has 1 atom stereocenters. The number of carbonyl (C=O) groups is 1. The van der Waals surface area contributed by atoms with Gasteiger partial charge in [-0.1, -0.05) is 78.9 Å². The number of anilines is 1. The lowest BCUT2D eigenvalue weighted by molar-refractivity contribution is 0.103. The first kappa shape index (κ1) is 38.3. The Kier molecular flexibility index (Phi) is 12.4. The Morgan fingerprint density at radius 2 is 1.80 bits per heavy atom. The van der Waals surface area contributed by atoms with Crippen molar-refractivity contribution in [3.8, 4) is 10.4 Å². The summed E-state index contributed by atoms with van der Waals surface area (Å²) in [6.45, 7) is -0.336. The van der Waals surface area contributed by atoms with E-state index in [-0.39, 0.29) is 31.1 Å². The van der Waals surface area contributed by atoms with Gasteiger partial charge in [-0.2, -0.15) is 0 Å². The topological polar surface area (TPSA) is 107 Å². The average Bonchev–Trinajstić information content (AvgIpc) is 3.28. The van der Waals surface area contributed by atoms with Crippen LogP contribution in [-0.4, -0.2) is 54.6 Å². The number of hydroxylamine groups is 1. The third-order valence-electron chi connectivity index (χ3n) is 9.29. The van der Waals surface area contributed by atoms with Gasteiger partial charge in [0.15, 0.2) is 0 Å². The first-order valence-corrected chi connectivity index (χ1v) is 18.1. The summed E-state index contributed by atoms with van der Waals surface area (Å²) < 4.78 is 37.6. The van der Waals surface area contributed by atoms with Crippen LogP contribution in [-0.2, 0) is 22.7 Å². The molecule has 2 aliphatic rings. The maximum atomic E-state index is 14.9. The van der Waals surface area contributed by atoms with Crippen LogP contribution in [0, 0.1) is 0 Å². The number of halogens is 2. The highest BCUT2D eigenvalue weighted by Crippen LogP contribution is 2.40. The molecule has 0 aliphatic heterocycles. The number of urea groups is 1. The van der Waals surface area contributed by atoms with Gasteiger partial charge < -0.3 is 10.1 Å². The minimum Gasteiger partial charge on any atom is -0.383 e. The van der Waals surface area contributed by atoms with E-state index in [1.165, 1.54) is 45.8 Å². The highest BCUT2D eigenvalue weighted by molar-refractivity contribution is 7.22. The SMILES string of the molecule is COCC(c1ccccc1)N(C)Cc1c(-c2ccc(NC(=O)NOC)cc2)sc2c1c(=O)n(C1=CC=CC=CC1)c(=O)n2CC1=C(CF)C=CC=C(F)C1. The summed E-state index contributed by atoms with van der Waals surface area (Å²) in [5.74, 6) is -0.462. The molecule has 0 radical (unpaired) electrons. The zero-order chi connectivity index (χ0) is 38.2. The van der Waals surface area contributed by atoms with Gasteiger partial charge in [-0.05, 0) is 59.2 Å². The standard InChI is InChI=1S/C41H41F2N5O5S/c1-46(35(26-52-2)27-12-7-6-8-13-27)25-34-36-38(49)48(33-16-9-4-5-10-17-33)41(51)47(24-30-22-31(43)15-11-14-29(30)23-42)39(36)54-37(34)28-18-20-32(21-19-28)44-40(50)45-53-3/h4-16,18-21,35H,17,22-26H2,1-3H3,(H2,44,45,50). The van der Waals surface area contributed by atoms with Crippen molar-refractivity contribution in [1.29, 1.82) is 0 Å². The molecule has 0 spiro atoms. The quantitative estimate of drug-likeness (QED) is 0.135. The Labute approximate surface area is 315 Å². The van der Waals surface area contributed by atoms with E-state index in [4.69, 9.17) is 9.57 Å². The summed E-state index contributed by atoms with van der Waals surface area (Å²) in [7, 11) is 4.92. The lowest BCUT2D eigenvalue weighted by atomic mass is 10.0. The summed E-state index contributed by atoms with van der Waals surface area (Å²) in [4.78, 5) is 49.6. The molecule has 0 saturated heterocycles. The molecule has 2 amide bonds. The van der Waals surface area contributed by atoms with Crippen LogP contribution in [0.2, 0.25) is 0 Å². The lowest BCUT2D eigenvalue weighted by Crippen LogP contribution is -2.40. The Hall–Kier alpha value is -5.47. The lowest BCUT2D eigenvalue weighted by Gasteiger charge is -2.28. The molecule has 2 aliphatic carbocycles. The predicted molar refractivity (Wildman–Crippen MR) is 211 cm³/mol. The summed E-state index contributed by atoms with van der Waals surface area (Å²) in [6.07, 6.45) is 13.4. The average molecular weight is 754 g/mol. The van der Waals surface area contributed by atoms with E-state index in [0.29, 0.717) is 45.8 Å². The van der Waals surface area contributed by atoms with Crippen LogP contribution >= 0.6 is 11.3 Å². The number of carbonyl (C=O) groups excluding carboxylic acids is 1. The largest absolute Gasteiger partial charge is 0.383 e. The Morgan fingerprint density at radius 1 is 1.02 bits per heavy atom. The van der Waals surface area contributed by atoms with Crippen molar-refractivity contribution in [2.75, 3.05) is 39.9 Å². The van der Waals surface area contributed by atoms with E-state index in [1.807, 2.05) is 67.7 Å². The number of alkyl halides is 1. The number of hydrogen-bond donors (Lipinski definition) is 2. The molecule has 1 unspecified atom stereocenters. The molecule has 6 rings (SSSR count). The number of ether oxygens (including phenoxy) is 1. The number of fused-ring (bicyclic) bond motifs is 1. The fraction of sp³-hybridized carbons (Fsp3) is 0.244. The summed E-state index contributed by atoms with van der Waals surface area (Å²) in [5.41, 5.74) is 5.19. The van der Waals surface area contributed by atoms with Gasteiger partial charge in [0.2, 0.25) is 0 Å². The van der Waals surface area contributed by atoms with Crippen LogP contribution < -0.4 is 22.0 Å². The van der Waals surface area contributed by atoms with Crippen LogP contribution in [0.15, 0.2) is 130 Å². The molecule has 0 saturated carbocycles. The number of amides is 2. The van der Waals surface area contributed by atoms with Gasteiger partial charge in [0.25, 0.3) is 5.56 Å². The van der Waals surface area contributed by atoms with E-state index >= 15 is 0 Å². The number of thiophene rings is 1. The highest BCUT2D eigenvalue weighted by atomic mass is 32.1. The van der Waals surface area contributed by atoms with Crippen LogP contribution in [0.1, 0.15) is 30.0 Å². The number of allylic oxidation sites excluding steroid dienone is 12. The summed E-state index contributed by atoms with van der Waals surface area (Å²) in [5, 5.41) is 3.02. The number of methoxy groups -OCH3 is 1. The smallest absolute Gasteiger partial charge is 0.343 e. The molecule has 0 bridgehead atoms. The highest BCUT2D eigenvalue weighted by Gasteiger charge is 2.28. The Balaban J connectivity index is 1.61. The first-order chi connectivity index (χ1) is 26.2. The maximum Gasteiger partial charge on any atom is 0.343 e. The fourth-order valence-electron chi connectivity index (χ4n) is 6.65. The molecule has 4 aromatic rings. The van der Waals surface area contributed by atoms with Crippen molar-refractivity contribution in [1.82, 2.24) is 19.5 Å². The molecule has 54 heavy (non-hydrogen) atoms. The number of benzene rings is 2. The first-order valence-electron chi connectivity index (χ1n) is 17.3. The zero-order valence-corrected chi connectivity index (χ0v) is 31.0. The molecule has 2 N–H and O–H groups in total. The van der Waals surface area contributed by atoms with Crippen molar-refractivity contribution in [3.05, 3.63) is 152 Å². The van der Waals surface area contributed by atoms with Gasteiger partial charge >= 0.3 is 11.7 Å². The zero-order valence-electron chi connectivity index (χ0n) is 30.2. The molecular weight excluding hydrogens is 713 g/mol. The summed E-state index contributed by atoms with van der Waals surface area (Å²) in [6, 6.07) is 16.3. The molecule has 2 heterocycles. The van der Waals surface area contributed by atoms with Gasteiger partial charge in [0.05, 0.1) is 31.7 Å². The van der Waals surface area contributed by atoms with Gasteiger partial charge in [0.1, 0.15) is 17.3 Å². The molecular formula is C41H41F2N5O5S. The second-order valence-corrected chi connectivity index (χ2v) is 13.8. The van der Waals surface area contributed by atoms with Gasteiger partial charge in [0, 0.05) is 42.8 Å². The van der Waals surface area contributed by atoms with Crippen molar-refractivity contribution in [2.24, 2.45) is 0 Å². The second kappa shape index (κ2) is 17.6. The number of aromatic nitrogens is 2. The number of rotatable bonds is 13. The molecule has 13 heteroatoms. The number of hydrogen-bond acceptors (Lipinski definition) is 7. The van der Waals surface area contributed by atoms with Gasteiger partial charge in [-0.25, -0.2) is 28.4 Å². The third-order valence-corrected chi connectivity index (χ3v) is 10.6. The van der Waals surface area contributed by atoms with Crippen LogP contribution in [0.3, 0.4) is 0 Å². The van der Waals surface area contributed by atoms with Gasteiger partial charge in [-0.3, -0.25) is 19.1 Å². The van der Waals surface area contributed by atoms with E-state index in [1.54, 1.807) is 31.4 Å². The summed E-state index contributed by atoms with van der Waals surface area (Å²) >= 11 is 1.27.